The minimum atomic E-state index is -0.0685. The van der Waals surface area contributed by atoms with Gasteiger partial charge in [0.05, 0.1) is 6.61 Å². The van der Waals surface area contributed by atoms with Crippen molar-refractivity contribution < 1.29 is 9.53 Å². The highest BCUT2D eigenvalue weighted by atomic mass is 35.5. The lowest BCUT2D eigenvalue weighted by Crippen LogP contribution is -2.49. The van der Waals surface area contributed by atoms with Gasteiger partial charge in [-0.2, -0.15) is 0 Å². The van der Waals surface area contributed by atoms with E-state index in [1.807, 2.05) is 36.1 Å². The molecule has 1 aliphatic heterocycles. The summed E-state index contributed by atoms with van der Waals surface area (Å²) >= 11 is 6.08. The van der Waals surface area contributed by atoms with Crippen LogP contribution in [0.5, 0.6) is 0 Å². The van der Waals surface area contributed by atoms with Gasteiger partial charge >= 0.3 is 0 Å². The standard InChI is InChI=1S/C19H24ClN5O2/c1-14-12-17(23-19(22-14)21-6-11-27-2)18(26)25-9-7-24(8-10-25)16-5-3-4-15(20)13-16/h3-5,12-13H,6-11H2,1-2H3,(H,21,22,23). The summed E-state index contributed by atoms with van der Waals surface area (Å²) in [5, 5.41) is 3.80. The second-order valence-corrected chi connectivity index (χ2v) is 6.83. The number of nitrogens with zero attached hydrogens (tertiary/aromatic N) is 4. The number of hydrogen-bond donors (Lipinski definition) is 1. The van der Waals surface area contributed by atoms with E-state index in [1.54, 1.807) is 13.2 Å². The van der Waals surface area contributed by atoms with Crippen molar-refractivity contribution in [3.8, 4) is 0 Å². The molecule has 0 aliphatic carbocycles. The molecular formula is C19H24ClN5O2. The first-order chi connectivity index (χ1) is 13.1. The zero-order valence-corrected chi connectivity index (χ0v) is 16.4. The molecule has 1 saturated heterocycles. The van der Waals surface area contributed by atoms with Crippen LogP contribution in [0.1, 0.15) is 16.2 Å². The number of amides is 1. The van der Waals surface area contributed by atoms with Gasteiger partial charge in [-0.15, -0.1) is 0 Å². The van der Waals surface area contributed by atoms with Crippen molar-refractivity contribution >= 4 is 29.1 Å². The van der Waals surface area contributed by atoms with Crippen molar-refractivity contribution in [1.29, 1.82) is 0 Å². The highest BCUT2D eigenvalue weighted by Crippen LogP contribution is 2.21. The van der Waals surface area contributed by atoms with Gasteiger partial charge in [0, 0.05) is 56.2 Å². The minimum absolute atomic E-state index is 0.0685. The summed E-state index contributed by atoms with van der Waals surface area (Å²) in [6.45, 7) is 5.79. The Morgan fingerprint density at radius 1 is 1.22 bits per heavy atom. The molecule has 1 aromatic heterocycles. The molecule has 0 bridgehead atoms. The van der Waals surface area contributed by atoms with Gasteiger partial charge in [-0.25, -0.2) is 9.97 Å². The summed E-state index contributed by atoms with van der Waals surface area (Å²) in [4.78, 5) is 25.6. The number of carbonyl (C=O) groups is 1. The van der Waals surface area contributed by atoms with Gasteiger partial charge in [0.2, 0.25) is 5.95 Å². The molecule has 0 spiro atoms. The average molecular weight is 390 g/mol. The van der Waals surface area contributed by atoms with E-state index in [4.69, 9.17) is 16.3 Å². The Morgan fingerprint density at radius 2 is 2.00 bits per heavy atom. The Kier molecular flexibility index (Phi) is 6.47. The molecule has 1 aliphatic rings. The first-order valence-corrected chi connectivity index (χ1v) is 9.33. The first-order valence-electron chi connectivity index (χ1n) is 8.95. The summed E-state index contributed by atoms with van der Waals surface area (Å²) < 4.78 is 5.01. The second kappa shape index (κ2) is 9.01. The highest BCUT2D eigenvalue weighted by Gasteiger charge is 2.24. The molecule has 0 radical (unpaired) electrons. The van der Waals surface area contributed by atoms with E-state index < -0.39 is 0 Å². The lowest BCUT2D eigenvalue weighted by atomic mass is 10.2. The molecule has 1 N–H and O–H groups in total. The van der Waals surface area contributed by atoms with Crippen LogP contribution in [0.25, 0.3) is 0 Å². The number of benzene rings is 1. The smallest absolute Gasteiger partial charge is 0.272 e. The van der Waals surface area contributed by atoms with Gasteiger partial charge in [0.1, 0.15) is 5.69 Å². The number of piperazine rings is 1. The molecule has 1 fully saturated rings. The van der Waals surface area contributed by atoms with Gasteiger partial charge in [-0.05, 0) is 31.2 Å². The Bertz CT molecular complexity index is 793. The fourth-order valence-electron chi connectivity index (χ4n) is 3.02. The largest absolute Gasteiger partial charge is 0.383 e. The van der Waals surface area contributed by atoms with Crippen LogP contribution in [0.2, 0.25) is 5.02 Å². The van der Waals surface area contributed by atoms with Crippen molar-refractivity contribution in [2.75, 3.05) is 56.7 Å². The average Bonchev–Trinajstić information content (AvgIpc) is 2.67. The van der Waals surface area contributed by atoms with Crippen molar-refractivity contribution in [2.45, 2.75) is 6.92 Å². The number of nitrogens with one attached hydrogen (secondary N) is 1. The normalized spacial score (nSPS) is 14.3. The lowest BCUT2D eigenvalue weighted by molar-refractivity contribution is 0.0740. The Morgan fingerprint density at radius 3 is 2.70 bits per heavy atom. The Hall–Kier alpha value is -2.38. The van der Waals surface area contributed by atoms with Crippen molar-refractivity contribution in [3.63, 3.8) is 0 Å². The number of methoxy groups -OCH3 is 1. The molecular weight excluding hydrogens is 366 g/mol. The van der Waals surface area contributed by atoms with Gasteiger partial charge in [-0.3, -0.25) is 4.79 Å². The molecule has 0 atom stereocenters. The van der Waals surface area contributed by atoms with E-state index in [0.717, 1.165) is 29.5 Å². The third kappa shape index (κ3) is 5.08. The molecule has 8 heteroatoms. The van der Waals surface area contributed by atoms with E-state index in [9.17, 15) is 4.79 Å². The van der Waals surface area contributed by atoms with Crippen LogP contribution in [0.15, 0.2) is 30.3 Å². The van der Waals surface area contributed by atoms with Crippen molar-refractivity contribution in [3.05, 3.63) is 46.7 Å². The van der Waals surface area contributed by atoms with Crippen molar-refractivity contribution in [1.82, 2.24) is 14.9 Å². The fraction of sp³-hybridized carbons (Fsp3) is 0.421. The maximum Gasteiger partial charge on any atom is 0.272 e. The van der Waals surface area contributed by atoms with Crippen LogP contribution >= 0.6 is 11.6 Å². The molecule has 0 unspecified atom stereocenters. The quantitative estimate of drug-likeness (QED) is 0.765. The maximum atomic E-state index is 12.9. The van der Waals surface area contributed by atoms with E-state index in [-0.39, 0.29) is 5.91 Å². The van der Waals surface area contributed by atoms with E-state index in [0.29, 0.717) is 37.9 Å². The van der Waals surface area contributed by atoms with Crippen molar-refractivity contribution in [2.24, 2.45) is 0 Å². The predicted octanol–water partition coefficient (Wildman–Crippen LogP) is 2.46. The Labute approximate surface area is 164 Å². The summed E-state index contributed by atoms with van der Waals surface area (Å²) in [7, 11) is 1.64. The highest BCUT2D eigenvalue weighted by molar-refractivity contribution is 6.30. The van der Waals surface area contributed by atoms with E-state index in [1.165, 1.54) is 0 Å². The Balaban J connectivity index is 1.63. The molecule has 7 nitrogen and oxygen atoms in total. The zero-order valence-electron chi connectivity index (χ0n) is 15.6. The summed E-state index contributed by atoms with van der Waals surface area (Å²) in [6.07, 6.45) is 0. The van der Waals surface area contributed by atoms with Gasteiger partial charge in [0.15, 0.2) is 0 Å². The number of halogens is 1. The molecule has 144 valence electrons. The number of anilines is 2. The summed E-state index contributed by atoms with van der Waals surface area (Å²) in [5.74, 6) is 0.383. The second-order valence-electron chi connectivity index (χ2n) is 6.40. The molecule has 2 aromatic rings. The van der Waals surface area contributed by atoms with Gasteiger partial charge in [-0.1, -0.05) is 17.7 Å². The number of aromatic nitrogens is 2. The number of carbonyl (C=O) groups excluding carboxylic acids is 1. The van der Waals surface area contributed by atoms with Gasteiger partial charge < -0.3 is 19.9 Å². The van der Waals surface area contributed by atoms with Crippen LogP contribution < -0.4 is 10.2 Å². The SMILES string of the molecule is COCCNc1nc(C)cc(C(=O)N2CCN(c3cccc(Cl)c3)CC2)n1. The monoisotopic (exact) mass is 389 g/mol. The number of aryl methyl sites for hydroxylation is 1. The maximum absolute atomic E-state index is 12.9. The van der Waals surface area contributed by atoms with Crippen LogP contribution in [-0.2, 0) is 4.74 Å². The third-order valence-corrected chi connectivity index (χ3v) is 4.64. The third-order valence-electron chi connectivity index (χ3n) is 4.40. The molecule has 27 heavy (non-hydrogen) atoms. The summed E-state index contributed by atoms with van der Waals surface area (Å²) in [6, 6.07) is 9.52. The molecule has 1 aromatic carbocycles. The van der Waals surface area contributed by atoms with Crippen LogP contribution in [0.3, 0.4) is 0 Å². The molecule has 3 rings (SSSR count). The zero-order chi connectivity index (χ0) is 19.2. The number of rotatable bonds is 6. The van der Waals surface area contributed by atoms with Crippen LogP contribution in [-0.4, -0.2) is 67.2 Å². The topological polar surface area (TPSA) is 70.6 Å². The van der Waals surface area contributed by atoms with Gasteiger partial charge in [0.25, 0.3) is 5.91 Å². The number of ether oxygens (including phenoxy) is 1. The minimum Gasteiger partial charge on any atom is -0.383 e. The van der Waals surface area contributed by atoms with Crippen LogP contribution in [0, 0.1) is 6.92 Å². The first kappa shape index (κ1) is 19.4. The molecule has 0 saturated carbocycles. The summed E-state index contributed by atoms with van der Waals surface area (Å²) in [5.41, 5.74) is 2.25. The number of hydrogen-bond acceptors (Lipinski definition) is 6. The molecule has 1 amide bonds. The molecule has 2 heterocycles. The van der Waals surface area contributed by atoms with E-state index in [2.05, 4.69) is 20.2 Å². The van der Waals surface area contributed by atoms with E-state index >= 15 is 0 Å². The van der Waals surface area contributed by atoms with Crippen LogP contribution in [0.4, 0.5) is 11.6 Å². The predicted molar refractivity (Wildman–Crippen MR) is 107 cm³/mol. The lowest BCUT2D eigenvalue weighted by Gasteiger charge is -2.36. The fourth-order valence-corrected chi connectivity index (χ4v) is 3.21.